The fourth-order valence-electron chi connectivity index (χ4n) is 1.08. The average Bonchev–Trinajstić information content (AvgIpc) is 2.09. The molecule has 2 N–H and O–H groups in total. The van der Waals surface area contributed by atoms with Gasteiger partial charge >= 0.3 is 5.97 Å². The Morgan fingerprint density at radius 1 is 1.43 bits per heavy atom. The molecule has 1 aromatic rings. The van der Waals surface area contributed by atoms with Crippen molar-refractivity contribution in [3.05, 3.63) is 33.3 Å². The lowest BCUT2D eigenvalue weighted by Gasteiger charge is -2.10. The predicted molar refractivity (Wildman–Crippen MR) is 53.8 cm³/mol. The minimum absolute atomic E-state index is 0.0761. The van der Waals surface area contributed by atoms with Crippen molar-refractivity contribution in [3.8, 4) is 0 Å². The van der Waals surface area contributed by atoms with Gasteiger partial charge in [0.2, 0.25) is 0 Å². The zero-order chi connectivity index (χ0) is 10.9. The topological polar surface area (TPSA) is 57.5 Å². The zero-order valence-corrected chi connectivity index (χ0v) is 8.80. The first-order valence-corrected chi connectivity index (χ1v) is 4.55. The van der Waals surface area contributed by atoms with Crippen LogP contribution < -0.4 is 0 Å². The first kappa shape index (κ1) is 11.3. The van der Waals surface area contributed by atoms with Crippen LogP contribution in [0.15, 0.2) is 12.1 Å². The number of aliphatic hydroxyl groups is 1. The summed E-state index contributed by atoms with van der Waals surface area (Å²) in [5.41, 5.74) is 0.860. The maximum absolute atomic E-state index is 10.5. The molecule has 1 aromatic carbocycles. The molecule has 0 aliphatic carbocycles. The molecule has 0 spiro atoms. The molecule has 0 amide bonds. The molecule has 0 saturated carbocycles. The molecule has 3 nitrogen and oxygen atoms in total. The van der Waals surface area contributed by atoms with Crippen LogP contribution in [-0.2, 0) is 4.79 Å². The zero-order valence-electron chi connectivity index (χ0n) is 7.29. The molecule has 0 saturated heterocycles. The lowest BCUT2D eigenvalue weighted by Crippen LogP contribution is -2.11. The van der Waals surface area contributed by atoms with Crippen LogP contribution in [-0.4, -0.2) is 16.2 Å². The summed E-state index contributed by atoms with van der Waals surface area (Å²) in [4.78, 5) is 10.5. The molecule has 0 radical (unpaired) electrons. The van der Waals surface area contributed by atoms with Gasteiger partial charge in [-0.1, -0.05) is 29.3 Å². The van der Waals surface area contributed by atoms with Gasteiger partial charge in [0.15, 0.2) is 6.10 Å². The Morgan fingerprint density at radius 3 is 2.50 bits per heavy atom. The summed E-state index contributed by atoms with van der Waals surface area (Å²) in [6, 6.07) is 3.09. The van der Waals surface area contributed by atoms with Crippen LogP contribution >= 0.6 is 23.2 Å². The molecule has 0 heterocycles. The van der Waals surface area contributed by atoms with Crippen molar-refractivity contribution in [1.29, 1.82) is 0 Å². The van der Waals surface area contributed by atoms with Gasteiger partial charge in [-0.15, -0.1) is 0 Å². The molecular weight excluding hydrogens is 227 g/mol. The molecule has 0 unspecified atom stereocenters. The molecule has 5 heteroatoms. The second kappa shape index (κ2) is 4.17. The second-order valence-electron chi connectivity index (χ2n) is 2.89. The molecule has 0 bridgehead atoms. The van der Waals surface area contributed by atoms with Crippen molar-refractivity contribution in [2.45, 2.75) is 13.0 Å². The Morgan fingerprint density at radius 2 is 2.00 bits per heavy atom. The van der Waals surface area contributed by atoms with Crippen LogP contribution in [0.4, 0.5) is 0 Å². The van der Waals surface area contributed by atoms with Crippen molar-refractivity contribution in [3.63, 3.8) is 0 Å². The molecule has 76 valence electrons. The largest absolute Gasteiger partial charge is 0.479 e. The number of benzene rings is 1. The third-order valence-corrected chi connectivity index (χ3v) is 2.55. The van der Waals surface area contributed by atoms with E-state index in [0.717, 1.165) is 5.56 Å². The average molecular weight is 235 g/mol. The number of carboxylic acids is 1. The van der Waals surface area contributed by atoms with Crippen LogP contribution in [0.3, 0.4) is 0 Å². The highest BCUT2D eigenvalue weighted by Gasteiger charge is 2.20. The normalized spacial score (nSPS) is 12.6. The molecular formula is C9H8Cl2O3. The highest BCUT2D eigenvalue weighted by atomic mass is 35.5. The Kier molecular flexibility index (Phi) is 3.37. The summed E-state index contributed by atoms with van der Waals surface area (Å²) >= 11 is 11.5. The lowest BCUT2D eigenvalue weighted by atomic mass is 10.1. The molecule has 0 aromatic heterocycles. The Balaban J connectivity index is 3.26. The maximum atomic E-state index is 10.5. The summed E-state index contributed by atoms with van der Waals surface area (Å²) < 4.78 is 0. The predicted octanol–water partition coefficient (Wildman–Crippen LogP) is 2.42. The van der Waals surface area contributed by atoms with E-state index >= 15 is 0 Å². The second-order valence-corrected chi connectivity index (χ2v) is 3.68. The number of carbonyl (C=O) groups is 1. The highest BCUT2D eigenvalue weighted by Crippen LogP contribution is 2.31. The molecule has 0 aliphatic heterocycles. The quantitative estimate of drug-likeness (QED) is 0.827. The van der Waals surface area contributed by atoms with Gasteiger partial charge in [0.1, 0.15) is 0 Å². The van der Waals surface area contributed by atoms with Crippen LogP contribution in [0, 0.1) is 6.92 Å². The summed E-state index contributed by atoms with van der Waals surface area (Å²) in [6.45, 7) is 1.74. The summed E-state index contributed by atoms with van der Waals surface area (Å²) in [6.07, 6.45) is -1.64. The number of hydrogen-bond acceptors (Lipinski definition) is 2. The first-order valence-electron chi connectivity index (χ1n) is 3.80. The number of carboxylic acid groups (broad SMARTS) is 1. The number of halogens is 2. The van der Waals surface area contributed by atoms with Crippen molar-refractivity contribution in [2.75, 3.05) is 0 Å². The van der Waals surface area contributed by atoms with E-state index in [0.29, 0.717) is 0 Å². The van der Waals surface area contributed by atoms with E-state index in [-0.39, 0.29) is 15.6 Å². The third-order valence-electron chi connectivity index (χ3n) is 1.73. The van der Waals surface area contributed by atoms with Crippen molar-refractivity contribution in [2.24, 2.45) is 0 Å². The third kappa shape index (κ3) is 2.18. The minimum Gasteiger partial charge on any atom is -0.479 e. The number of aliphatic hydroxyl groups excluding tert-OH is 1. The van der Waals surface area contributed by atoms with Crippen LogP contribution in [0.5, 0.6) is 0 Å². The van der Waals surface area contributed by atoms with Crippen molar-refractivity contribution >= 4 is 29.2 Å². The van der Waals surface area contributed by atoms with Gasteiger partial charge in [-0.25, -0.2) is 4.79 Å². The van der Waals surface area contributed by atoms with Gasteiger partial charge < -0.3 is 10.2 Å². The van der Waals surface area contributed by atoms with Gasteiger partial charge in [-0.2, -0.15) is 0 Å². The molecule has 1 rings (SSSR count). The number of aryl methyl sites for hydroxylation is 1. The minimum atomic E-state index is -1.64. The summed E-state index contributed by atoms with van der Waals surface area (Å²) in [5.74, 6) is -1.35. The molecule has 1 atom stereocenters. The smallest absolute Gasteiger partial charge is 0.337 e. The molecule has 0 fully saturated rings. The Hall–Kier alpha value is -0.770. The highest BCUT2D eigenvalue weighted by molar-refractivity contribution is 6.42. The Bertz CT molecular complexity index is 377. The van der Waals surface area contributed by atoms with E-state index in [1.165, 1.54) is 6.07 Å². The SMILES string of the molecule is Cc1cc(Cl)c(Cl)c([C@@H](O)C(=O)O)c1. The van der Waals surface area contributed by atoms with E-state index < -0.39 is 12.1 Å². The summed E-state index contributed by atoms with van der Waals surface area (Å²) in [5, 5.41) is 18.2. The summed E-state index contributed by atoms with van der Waals surface area (Å²) in [7, 11) is 0. The van der Waals surface area contributed by atoms with Gasteiger partial charge in [0, 0.05) is 5.56 Å². The molecule has 14 heavy (non-hydrogen) atoms. The van der Waals surface area contributed by atoms with Crippen LogP contribution in [0.25, 0.3) is 0 Å². The lowest BCUT2D eigenvalue weighted by molar-refractivity contribution is -0.146. The van der Waals surface area contributed by atoms with Gasteiger partial charge in [0.05, 0.1) is 10.0 Å². The van der Waals surface area contributed by atoms with E-state index in [1.807, 2.05) is 0 Å². The van der Waals surface area contributed by atoms with Gasteiger partial charge in [0.25, 0.3) is 0 Å². The van der Waals surface area contributed by atoms with E-state index in [1.54, 1.807) is 13.0 Å². The number of hydrogen-bond donors (Lipinski definition) is 2. The first-order chi connectivity index (χ1) is 6.43. The van der Waals surface area contributed by atoms with E-state index in [2.05, 4.69) is 0 Å². The fourth-order valence-corrected chi connectivity index (χ4v) is 1.58. The van der Waals surface area contributed by atoms with Gasteiger partial charge in [-0.05, 0) is 18.6 Å². The van der Waals surface area contributed by atoms with Gasteiger partial charge in [-0.3, -0.25) is 0 Å². The standard InChI is InChI=1S/C9H8Cl2O3/c1-4-2-5(8(12)9(13)14)7(11)6(10)3-4/h2-3,8,12H,1H3,(H,13,14)/t8-/m1/s1. The number of rotatable bonds is 2. The Labute approximate surface area is 90.9 Å². The van der Waals surface area contributed by atoms with Crippen molar-refractivity contribution < 1.29 is 15.0 Å². The van der Waals surface area contributed by atoms with E-state index in [4.69, 9.17) is 28.3 Å². The maximum Gasteiger partial charge on any atom is 0.337 e. The number of aliphatic carboxylic acids is 1. The monoisotopic (exact) mass is 234 g/mol. The van der Waals surface area contributed by atoms with Crippen molar-refractivity contribution in [1.82, 2.24) is 0 Å². The van der Waals surface area contributed by atoms with Crippen LogP contribution in [0.1, 0.15) is 17.2 Å². The van der Waals surface area contributed by atoms with Crippen LogP contribution in [0.2, 0.25) is 10.0 Å². The fraction of sp³-hybridized carbons (Fsp3) is 0.222. The van der Waals surface area contributed by atoms with E-state index in [9.17, 15) is 9.90 Å². The molecule has 0 aliphatic rings.